The van der Waals surface area contributed by atoms with E-state index in [2.05, 4.69) is 5.32 Å². The molecule has 3 nitrogen and oxygen atoms in total. The normalized spacial score (nSPS) is 24.8. The van der Waals surface area contributed by atoms with Crippen LogP contribution in [0, 0.1) is 13.8 Å². The molecule has 2 atom stereocenters. The van der Waals surface area contributed by atoms with Crippen molar-refractivity contribution in [3.63, 3.8) is 0 Å². The van der Waals surface area contributed by atoms with E-state index in [0.29, 0.717) is 13.1 Å². The van der Waals surface area contributed by atoms with Gasteiger partial charge in [-0.15, -0.1) is 0 Å². The van der Waals surface area contributed by atoms with Crippen LogP contribution in [0.25, 0.3) is 0 Å². The fraction of sp³-hybridized carbons (Fsp3) is 0.500. The molecule has 1 aromatic carbocycles. The van der Waals surface area contributed by atoms with E-state index in [-0.39, 0.29) is 6.10 Å². The van der Waals surface area contributed by atoms with Gasteiger partial charge in [-0.25, -0.2) is 0 Å². The predicted molar refractivity (Wildman–Crippen MR) is 64.2 cm³/mol. The van der Waals surface area contributed by atoms with Crippen molar-refractivity contribution in [1.29, 1.82) is 0 Å². The monoisotopic (exact) mass is 241 g/mol. The third-order valence-electron chi connectivity index (χ3n) is 2.83. The lowest BCUT2D eigenvalue weighted by Crippen LogP contribution is -2.29. The number of aliphatic hydroxyl groups excluding tert-OH is 1. The van der Waals surface area contributed by atoms with Crippen molar-refractivity contribution in [2.45, 2.75) is 26.1 Å². The van der Waals surface area contributed by atoms with Gasteiger partial charge in [-0.05, 0) is 37.1 Å². The maximum atomic E-state index is 9.63. The Labute approximate surface area is 100 Å². The van der Waals surface area contributed by atoms with Gasteiger partial charge in [-0.2, -0.15) is 0 Å². The lowest BCUT2D eigenvalue weighted by atomic mass is 10.1. The first-order chi connectivity index (χ1) is 7.58. The van der Waals surface area contributed by atoms with E-state index in [4.69, 9.17) is 16.3 Å². The van der Waals surface area contributed by atoms with Gasteiger partial charge in [0.2, 0.25) is 0 Å². The number of β-amino-alcohol motifs (C(OH)–C–C–N with tert-alkyl or cyclic N) is 1. The van der Waals surface area contributed by atoms with E-state index in [0.717, 1.165) is 21.9 Å². The molecule has 4 heteroatoms. The Hall–Kier alpha value is -0.770. The van der Waals surface area contributed by atoms with Gasteiger partial charge < -0.3 is 15.2 Å². The van der Waals surface area contributed by atoms with Crippen molar-refractivity contribution >= 4 is 11.6 Å². The van der Waals surface area contributed by atoms with Gasteiger partial charge in [0, 0.05) is 18.1 Å². The molecule has 2 rings (SSSR count). The Kier molecular flexibility index (Phi) is 3.38. The summed E-state index contributed by atoms with van der Waals surface area (Å²) >= 11 is 6.08. The number of aryl methyl sites for hydroxylation is 2. The Morgan fingerprint density at radius 3 is 2.44 bits per heavy atom. The molecular formula is C12H16ClNO2. The Morgan fingerprint density at radius 2 is 1.94 bits per heavy atom. The standard InChI is InChI=1S/C12H16ClNO2/c1-7-3-9(4-8(2)12(7)13)16-11-6-14-5-10(11)15/h3-4,10-11,14-15H,5-6H2,1-2H3/t10-,11+/m0/s1. The summed E-state index contributed by atoms with van der Waals surface area (Å²) in [6, 6.07) is 3.81. The molecule has 88 valence electrons. The zero-order chi connectivity index (χ0) is 11.7. The van der Waals surface area contributed by atoms with Crippen LogP contribution in [0.2, 0.25) is 5.02 Å². The SMILES string of the molecule is Cc1cc(O[C@@H]2CNC[C@@H]2O)cc(C)c1Cl. The van der Waals surface area contributed by atoms with Gasteiger partial charge in [0.05, 0.1) is 0 Å². The number of nitrogens with one attached hydrogen (secondary N) is 1. The zero-order valence-electron chi connectivity index (χ0n) is 9.46. The minimum Gasteiger partial charge on any atom is -0.486 e. The molecule has 1 aromatic rings. The molecule has 1 aliphatic rings. The quantitative estimate of drug-likeness (QED) is 0.828. The molecule has 0 aliphatic carbocycles. The molecule has 16 heavy (non-hydrogen) atoms. The minimum absolute atomic E-state index is 0.167. The molecule has 0 bridgehead atoms. The molecule has 1 heterocycles. The molecule has 0 saturated carbocycles. The summed E-state index contributed by atoms with van der Waals surface area (Å²) in [5, 5.41) is 13.5. The van der Waals surface area contributed by atoms with Gasteiger partial charge in [0.25, 0.3) is 0 Å². The highest BCUT2D eigenvalue weighted by atomic mass is 35.5. The number of aliphatic hydroxyl groups is 1. The topological polar surface area (TPSA) is 41.5 Å². The van der Waals surface area contributed by atoms with Gasteiger partial charge in [-0.3, -0.25) is 0 Å². The van der Waals surface area contributed by atoms with Crippen LogP contribution in [-0.4, -0.2) is 30.4 Å². The molecule has 0 amide bonds. The predicted octanol–water partition coefficient (Wildman–Crippen LogP) is 1.67. The highest BCUT2D eigenvalue weighted by molar-refractivity contribution is 6.32. The third-order valence-corrected chi connectivity index (χ3v) is 3.42. The molecule has 0 unspecified atom stereocenters. The van der Waals surface area contributed by atoms with Crippen LogP contribution in [0.4, 0.5) is 0 Å². The summed E-state index contributed by atoms with van der Waals surface area (Å²) in [6.45, 7) is 5.18. The van der Waals surface area contributed by atoms with Gasteiger partial charge in [0.15, 0.2) is 0 Å². The van der Waals surface area contributed by atoms with Crippen LogP contribution in [0.15, 0.2) is 12.1 Å². The molecular weight excluding hydrogens is 226 g/mol. The number of rotatable bonds is 2. The molecule has 2 N–H and O–H groups in total. The van der Waals surface area contributed by atoms with E-state index in [1.54, 1.807) is 0 Å². The average Bonchev–Trinajstić information content (AvgIpc) is 2.61. The van der Waals surface area contributed by atoms with E-state index in [1.165, 1.54) is 0 Å². The van der Waals surface area contributed by atoms with Gasteiger partial charge in [0.1, 0.15) is 18.0 Å². The van der Waals surface area contributed by atoms with Crippen LogP contribution in [0.1, 0.15) is 11.1 Å². The maximum Gasteiger partial charge on any atom is 0.138 e. The van der Waals surface area contributed by atoms with Crippen molar-refractivity contribution in [1.82, 2.24) is 5.32 Å². The summed E-state index contributed by atoms with van der Waals surface area (Å²) in [6.07, 6.45) is -0.601. The van der Waals surface area contributed by atoms with E-state index in [9.17, 15) is 5.11 Å². The number of halogens is 1. The maximum absolute atomic E-state index is 9.63. The number of ether oxygens (including phenoxy) is 1. The van der Waals surface area contributed by atoms with Crippen LogP contribution in [-0.2, 0) is 0 Å². The van der Waals surface area contributed by atoms with Gasteiger partial charge in [-0.1, -0.05) is 11.6 Å². The Morgan fingerprint density at radius 1 is 1.31 bits per heavy atom. The Bertz CT molecular complexity index is 372. The Balaban J connectivity index is 2.15. The number of benzene rings is 1. The largest absolute Gasteiger partial charge is 0.486 e. The third kappa shape index (κ3) is 2.32. The summed E-state index contributed by atoms with van der Waals surface area (Å²) < 4.78 is 5.73. The summed E-state index contributed by atoms with van der Waals surface area (Å²) in [5.41, 5.74) is 1.99. The molecule has 1 aliphatic heterocycles. The second kappa shape index (κ2) is 4.62. The lowest BCUT2D eigenvalue weighted by Gasteiger charge is -2.17. The van der Waals surface area contributed by atoms with E-state index >= 15 is 0 Å². The second-order valence-corrected chi connectivity index (χ2v) is 4.63. The van der Waals surface area contributed by atoms with Crippen molar-refractivity contribution < 1.29 is 9.84 Å². The van der Waals surface area contributed by atoms with E-state index in [1.807, 2.05) is 26.0 Å². The van der Waals surface area contributed by atoms with Crippen molar-refractivity contribution in [2.24, 2.45) is 0 Å². The lowest BCUT2D eigenvalue weighted by molar-refractivity contribution is 0.0737. The highest BCUT2D eigenvalue weighted by Crippen LogP contribution is 2.27. The first-order valence-electron chi connectivity index (χ1n) is 5.40. The van der Waals surface area contributed by atoms with Crippen LogP contribution >= 0.6 is 11.6 Å². The average molecular weight is 242 g/mol. The summed E-state index contributed by atoms with van der Waals surface area (Å²) in [4.78, 5) is 0. The summed E-state index contributed by atoms with van der Waals surface area (Å²) in [5.74, 6) is 0.771. The molecule has 1 saturated heterocycles. The van der Waals surface area contributed by atoms with Crippen molar-refractivity contribution in [3.05, 3.63) is 28.3 Å². The van der Waals surface area contributed by atoms with Crippen LogP contribution < -0.4 is 10.1 Å². The minimum atomic E-state index is -0.434. The molecule has 0 aromatic heterocycles. The fourth-order valence-corrected chi connectivity index (χ4v) is 2.02. The summed E-state index contributed by atoms with van der Waals surface area (Å²) in [7, 11) is 0. The fourth-order valence-electron chi connectivity index (χ4n) is 1.91. The molecule has 0 spiro atoms. The van der Waals surface area contributed by atoms with Gasteiger partial charge >= 0.3 is 0 Å². The van der Waals surface area contributed by atoms with E-state index < -0.39 is 6.10 Å². The van der Waals surface area contributed by atoms with Crippen LogP contribution in [0.3, 0.4) is 0 Å². The zero-order valence-corrected chi connectivity index (χ0v) is 10.2. The van der Waals surface area contributed by atoms with Crippen molar-refractivity contribution in [2.75, 3.05) is 13.1 Å². The van der Waals surface area contributed by atoms with Crippen molar-refractivity contribution in [3.8, 4) is 5.75 Å². The van der Waals surface area contributed by atoms with Crippen LogP contribution in [0.5, 0.6) is 5.75 Å². The first-order valence-corrected chi connectivity index (χ1v) is 5.78. The molecule has 0 radical (unpaired) electrons. The second-order valence-electron chi connectivity index (χ2n) is 4.25. The molecule has 1 fully saturated rings. The smallest absolute Gasteiger partial charge is 0.138 e. The first kappa shape index (κ1) is 11.7. The number of hydrogen-bond acceptors (Lipinski definition) is 3. The highest BCUT2D eigenvalue weighted by Gasteiger charge is 2.26. The number of hydrogen-bond donors (Lipinski definition) is 2.